The fraction of sp³-hybridized carbons (Fsp3) is 0.500. The number of hydrogen-bond donors (Lipinski definition) is 0. The summed E-state index contributed by atoms with van der Waals surface area (Å²) in [6.45, 7) is 8.40. The second-order valence-electron chi connectivity index (χ2n) is 0.189. The Kier molecular flexibility index (Phi) is 73.7. The molecule has 2 heteroatoms. The molecule has 34 valence electrons. The minimum atomic E-state index is 0. The summed E-state index contributed by atoms with van der Waals surface area (Å²) in [4.78, 5) is 0. The zero-order chi connectivity index (χ0) is 4.71. The van der Waals surface area contributed by atoms with Crippen molar-refractivity contribution >= 4 is 61.4 Å². The maximum absolute atomic E-state index is 3.40. The van der Waals surface area contributed by atoms with Crippen molar-refractivity contribution < 1.29 is 0 Å². The van der Waals surface area contributed by atoms with E-state index in [1.807, 2.05) is 0 Å². The van der Waals surface area contributed by atoms with E-state index in [0.717, 1.165) is 5.33 Å². The van der Waals surface area contributed by atoms with Crippen LogP contribution in [0.1, 0.15) is 6.92 Å². The van der Waals surface area contributed by atoms with E-state index >= 15 is 0 Å². The van der Waals surface area contributed by atoms with Gasteiger partial charge in [0.05, 0.1) is 0 Å². The molecule has 0 aromatic heterocycles. The predicted molar refractivity (Wildman–Crippen MR) is 35.9 cm³/mol. The van der Waals surface area contributed by atoms with Crippen molar-refractivity contribution in [1.82, 2.24) is 0 Å². The molecule has 0 nitrogen and oxygen atoms in total. The summed E-state index contributed by atoms with van der Waals surface area (Å²) >= 11 is 3.03. The van der Waals surface area contributed by atoms with Crippen LogP contribution in [-0.2, 0) is 0 Å². The fourth-order valence-electron chi connectivity index (χ4n) is 0. The Morgan fingerprint density at radius 2 is 1.50 bits per heavy atom. The summed E-state index contributed by atoms with van der Waals surface area (Å²) in [7, 11) is 0. The molecular weight excluding hydrogens is 216 g/mol. The minimum Gasteiger partial charge on any atom is -0.346 e. The first kappa shape index (κ1) is 15.7. The third-order valence-corrected chi connectivity index (χ3v) is 0. The number of halogens is 1. The second-order valence-corrected chi connectivity index (χ2v) is 0.982. The molecule has 0 saturated carbocycles. The Labute approximate surface area is 86.1 Å². The molecule has 0 aromatic rings. The van der Waals surface area contributed by atoms with Gasteiger partial charge in [-0.3, -0.25) is 0 Å². The van der Waals surface area contributed by atoms with Gasteiger partial charge in [-0.2, -0.15) is 6.92 Å². The molecule has 0 aliphatic rings. The molecule has 0 rings (SSSR count). The normalized spacial score (nSPS) is 4.00. The van der Waals surface area contributed by atoms with Crippen molar-refractivity contribution in [3.05, 3.63) is 13.8 Å². The third-order valence-electron chi connectivity index (χ3n) is 0. The van der Waals surface area contributed by atoms with Gasteiger partial charge in [0.15, 0.2) is 0 Å². The van der Waals surface area contributed by atoms with Crippen LogP contribution in [0.2, 0.25) is 0 Å². The molecule has 0 heterocycles. The van der Waals surface area contributed by atoms with Crippen LogP contribution >= 0.6 is 15.9 Å². The van der Waals surface area contributed by atoms with Crippen molar-refractivity contribution in [2.75, 3.05) is 5.33 Å². The summed E-state index contributed by atoms with van der Waals surface area (Å²) in [6, 6.07) is 0. The molecule has 0 amide bonds. The standard InChI is InChI=1S/C2H4Br.C2H5.Sr/c1-2-3;1-2;/h1-2H2;1H2,2H3;/q2*-1;+2. The van der Waals surface area contributed by atoms with Crippen LogP contribution in [0.4, 0.5) is 0 Å². The summed E-state index contributed by atoms with van der Waals surface area (Å²) < 4.78 is 0. The first-order valence-electron chi connectivity index (χ1n) is 1.47. The van der Waals surface area contributed by atoms with Crippen LogP contribution in [0, 0.1) is 13.8 Å². The van der Waals surface area contributed by atoms with E-state index < -0.39 is 0 Å². The van der Waals surface area contributed by atoms with Crippen molar-refractivity contribution in [2.45, 2.75) is 6.92 Å². The summed E-state index contributed by atoms with van der Waals surface area (Å²) in [5.74, 6) is 0. The third kappa shape index (κ3) is 38.2. The van der Waals surface area contributed by atoms with Gasteiger partial charge in [-0.1, -0.05) is 0 Å². The van der Waals surface area contributed by atoms with Crippen molar-refractivity contribution in [2.24, 2.45) is 0 Å². The average Bonchev–Trinajstić information content (AvgIpc) is 1.46. The predicted octanol–water partition coefficient (Wildman–Crippen LogP) is 1.67. The Morgan fingerprint density at radius 1 is 1.50 bits per heavy atom. The molecule has 0 N–H and O–H groups in total. The number of alkyl halides is 1. The first-order chi connectivity index (χ1) is 2.41. The molecule has 0 spiro atoms. The van der Waals surface area contributed by atoms with Crippen LogP contribution in [0.15, 0.2) is 0 Å². The molecule has 0 bridgehead atoms. The van der Waals surface area contributed by atoms with Gasteiger partial charge in [-0.25, -0.2) is 0 Å². The molecule has 0 radical (unpaired) electrons. The van der Waals surface area contributed by atoms with E-state index in [9.17, 15) is 0 Å². The molecule has 6 heavy (non-hydrogen) atoms. The Bertz CT molecular complexity index is 7.51. The maximum Gasteiger partial charge on any atom is 2.00 e. The van der Waals surface area contributed by atoms with E-state index in [4.69, 9.17) is 0 Å². The summed E-state index contributed by atoms with van der Waals surface area (Å²) in [5.41, 5.74) is 0. The topological polar surface area (TPSA) is 0 Å². The fourth-order valence-corrected chi connectivity index (χ4v) is 0. The van der Waals surface area contributed by atoms with E-state index in [-0.39, 0.29) is 45.5 Å². The van der Waals surface area contributed by atoms with Crippen LogP contribution < -0.4 is 0 Å². The maximum atomic E-state index is 3.40. The Balaban J connectivity index is -0.0000000275. The molecule has 0 unspecified atom stereocenters. The van der Waals surface area contributed by atoms with E-state index in [1.165, 1.54) is 0 Å². The van der Waals surface area contributed by atoms with Gasteiger partial charge in [0, 0.05) is 0 Å². The molecular formula is C4H9BrSr. The van der Waals surface area contributed by atoms with E-state index in [0.29, 0.717) is 0 Å². The van der Waals surface area contributed by atoms with Crippen LogP contribution in [0.3, 0.4) is 0 Å². The van der Waals surface area contributed by atoms with E-state index in [1.54, 1.807) is 6.92 Å². The van der Waals surface area contributed by atoms with E-state index in [2.05, 4.69) is 29.8 Å². The number of hydrogen-bond acceptors (Lipinski definition) is 0. The SMILES string of the molecule is [CH2-]C.[CH2-]CBr.[Sr+2]. The van der Waals surface area contributed by atoms with Crippen molar-refractivity contribution in [1.29, 1.82) is 0 Å². The molecule has 0 aliphatic carbocycles. The van der Waals surface area contributed by atoms with Crippen LogP contribution in [-0.4, -0.2) is 50.8 Å². The van der Waals surface area contributed by atoms with Gasteiger partial charge in [0.2, 0.25) is 0 Å². The number of rotatable bonds is 0. The second kappa shape index (κ2) is 28.2. The molecule has 0 aliphatic heterocycles. The summed E-state index contributed by atoms with van der Waals surface area (Å²) in [6.07, 6.45) is 0. The van der Waals surface area contributed by atoms with Gasteiger partial charge in [-0.15, -0.1) is 21.3 Å². The van der Waals surface area contributed by atoms with Crippen LogP contribution in [0.25, 0.3) is 0 Å². The smallest absolute Gasteiger partial charge is 0.346 e. The monoisotopic (exact) mass is 224 g/mol. The quantitative estimate of drug-likeness (QED) is 0.334. The Morgan fingerprint density at radius 3 is 1.50 bits per heavy atom. The van der Waals surface area contributed by atoms with Crippen molar-refractivity contribution in [3.8, 4) is 0 Å². The zero-order valence-corrected chi connectivity index (χ0v) is 9.27. The van der Waals surface area contributed by atoms with Gasteiger partial charge >= 0.3 is 45.5 Å². The molecule has 0 aromatic carbocycles. The Hall–Kier alpha value is 1.96. The van der Waals surface area contributed by atoms with Crippen molar-refractivity contribution in [3.63, 3.8) is 0 Å². The molecule has 0 atom stereocenters. The van der Waals surface area contributed by atoms with Gasteiger partial charge in [-0.05, 0) is 0 Å². The average molecular weight is 225 g/mol. The van der Waals surface area contributed by atoms with Gasteiger partial charge in [0.25, 0.3) is 0 Å². The van der Waals surface area contributed by atoms with Gasteiger partial charge in [0.1, 0.15) is 0 Å². The zero-order valence-electron chi connectivity index (χ0n) is 4.21. The molecule has 0 fully saturated rings. The van der Waals surface area contributed by atoms with Gasteiger partial charge < -0.3 is 13.8 Å². The molecule has 0 saturated heterocycles. The minimum absolute atomic E-state index is 0. The first-order valence-corrected chi connectivity index (χ1v) is 2.60. The summed E-state index contributed by atoms with van der Waals surface area (Å²) in [5, 5.41) is 0.812. The van der Waals surface area contributed by atoms with Crippen LogP contribution in [0.5, 0.6) is 0 Å². The largest absolute Gasteiger partial charge is 2.00 e.